The second kappa shape index (κ2) is 4.73. The molecular formula is C12H11Cl3N2O3S. The third-order valence-electron chi connectivity index (χ3n) is 3.76. The average molecular weight is 370 g/mol. The summed E-state index contributed by atoms with van der Waals surface area (Å²) in [5, 5.41) is 1.59. The van der Waals surface area contributed by atoms with Gasteiger partial charge in [-0.1, -0.05) is 35.4 Å². The van der Waals surface area contributed by atoms with Gasteiger partial charge in [0.25, 0.3) is 5.91 Å². The number of hydrogen-bond donors (Lipinski definition) is 1. The molecule has 1 aliphatic carbocycles. The Kier molecular flexibility index (Phi) is 3.46. The maximum atomic E-state index is 11.9. The van der Waals surface area contributed by atoms with E-state index in [0.29, 0.717) is 29.9 Å². The van der Waals surface area contributed by atoms with E-state index in [9.17, 15) is 13.2 Å². The number of halogens is 3. The van der Waals surface area contributed by atoms with Crippen molar-refractivity contribution >= 4 is 48.8 Å². The molecule has 1 unspecified atom stereocenters. The summed E-state index contributed by atoms with van der Waals surface area (Å²) >= 11 is 12.1. The van der Waals surface area contributed by atoms with Crippen molar-refractivity contribution in [1.29, 1.82) is 0 Å². The fourth-order valence-corrected chi connectivity index (χ4v) is 4.45. The monoisotopic (exact) mass is 368 g/mol. The topological polar surface area (TPSA) is 66.5 Å². The van der Waals surface area contributed by atoms with Crippen LogP contribution in [0.1, 0.15) is 0 Å². The Morgan fingerprint density at radius 2 is 2.10 bits per heavy atom. The molecule has 2 heterocycles. The Hall–Kier alpha value is -0.530. The highest BCUT2D eigenvalue weighted by atomic mass is 35.7. The van der Waals surface area contributed by atoms with Crippen molar-refractivity contribution in [3.8, 4) is 0 Å². The summed E-state index contributed by atoms with van der Waals surface area (Å²) in [6, 6.07) is 0. The highest BCUT2D eigenvalue weighted by Crippen LogP contribution is 2.47. The van der Waals surface area contributed by atoms with Crippen molar-refractivity contribution in [3.05, 3.63) is 34.6 Å². The Balaban J connectivity index is 2.26. The molecule has 1 amide bonds. The number of fused-ring (bicyclic) bond motifs is 2. The number of nitrogens with zero attached hydrogens (tertiary/aromatic N) is 1. The fourth-order valence-electron chi connectivity index (χ4n) is 2.75. The largest absolute Gasteiger partial charge is 0.322 e. The summed E-state index contributed by atoms with van der Waals surface area (Å²) in [7, 11) is 3.53. The van der Waals surface area contributed by atoms with E-state index in [1.165, 1.54) is 6.08 Å². The molecule has 3 rings (SSSR count). The third-order valence-corrected chi connectivity index (χ3v) is 6.08. The molecule has 0 aromatic heterocycles. The van der Waals surface area contributed by atoms with E-state index >= 15 is 0 Å². The lowest BCUT2D eigenvalue weighted by atomic mass is 9.88. The summed E-state index contributed by atoms with van der Waals surface area (Å²) in [5.41, 5.74) is 2.01. The Morgan fingerprint density at radius 1 is 1.43 bits per heavy atom. The molecule has 1 saturated heterocycles. The molecule has 0 spiro atoms. The number of allylic oxidation sites excluding steroid dienone is 1. The van der Waals surface area contributed by atoms with Gasteiger partial charge in [0.1, 0.15) is 5.25 Å². The lowest BCUT2D eigenvalue weighted by Crippen LogP contribution is -2.35. The Morgan fingerprint density at radius 3 is 2.71 bits per heavy atom. The van der Waals surface area contributed by atoms with Gasteiger partial charge in [0.05, 0.1) is 5.70 Å². The maximum absolute atomic E-state index is 11.9. The zero-order valence-corrected chi connectivity index (χ0v) is 13.9. The molecule has 0 radical (unpaired) electrons. The summed E-state index contributed by atoms with van der Waals surface area (Å²) in [5.74, 6) is -0.584. The molecule has 1 fully saturated rings. The van der Waals surface area contributed by atoms with Crippen molar-refractivity contribution in [1.82, 2.24) is 10.2 Å². The van der Waals surface area contributed by atoms with Crippen LogP contribution in [0.2, 0.25) is 0 Å². The summed E-state index contributed by atoms with van der Waals surface area (Å²) in [4.78, 5) is 13.9. The van der Waals surface area contributed by atoms with Gasteiger partial charge in [-0.2, -0.15) is 0 Å². The van der Waals surface area contributed by atoms with E-state index in [0.717, 1.165) is 0 Å². The molecular weight excluding hydrogens is 359 g/mol. The highest BCUT2D eigenvalue weighted by Gasteiger charge is 2.51. The van der Waals surface area contributed by atoms with Gasteiger partial charge in [-0.15, -0.1) is 0 Å². The number of carbonyl (C=O) groups excluding carboxylic acids is 1. The first kappa shape index (κ1) is 15.4. The minimum atomic E-state index is -3.90. The Labute approximate surface area is 136 Å². The van der Waals surface area contributed by atoms with E-state index in [1.807, 2.05) is 11.9 Å². The maximum Gasteiger partial charge on any atom is 0.265 e. The van der Waals surface area contributed by atoms with Crippen LogP contribution < -0.4 is 5.32 Å². The number of rotatable bonds is 1. The standard InChI is InChI=1S/C12H11Cl3N2O3S/c1-17-3-2-6-7(5-17)10-8(4-9(6)21(15,19)20)12(13,14)11(18)16-10/h2,4,9H,3,5H2,1H3,(H,16,18). The zero-order valence-electron chi connectivity index (χ0n) is 10.9. The van der Waals surface area contributed by atoms with Gasteiger partial charge in [-0.05, 0) is 18.2 Å². The zero-order chi connectivity index (χ0) is 15.6. The molecule has 1 atom stereocenters. The van der Waals surface area contributed by atoms with Crippen molar-refractivity contribution < 1.29 is 13.2 Å². The van der Waals surface area contributed by atoms with Gasteiger partial charge in [-0.3, -0.25) is 9.69 Å². The molecule has 0 aromatic carbocycles. The minimum Gasteiger partial charge on any atom is -0.322 e. The molecule has 9 heteroatoms. The predicted molar refractivity (Wildman–Crippen MR) is 81.8 cm³/mol. The van der Waals surface area contributed by atoms with Crippen LogP contribution in [0.25, 0.3) is 0 Å². The highest BCUT2D eigenvalue weighted by molar-refractivity contribution is 8.14. The van der Waals surface area contributed by atoms with Crippen LogP contribution in [0.5, 0.6) is 0 Å². The van der Waals surface area contributed by atoms with E-state index in [-0.39, 0.29) is 5.57 Å². The number of likely N-dealkylation sites (N-methyl/N-ethyl adjacent to an activating group) is 1. The first-order valence-electron chi connectivity index (χ1n) is 6.10. The van der Waals surface area contributed by atoms with Gasteiger partial charge in [0.2, 0.25) is 13.4 Å². The van der Waals surface area contributed by atoms with E-state index in [4.69, 9.17) is 33.9 Å². The van der Waals surface area contributed by atoms with Crippen molar-refractivity contribution in [3.63, 3.8) is 0 Å². The normalized spacial score (nSPS) is 28.6. The number of hydrogen-bond acceptors (Lipinski definition) is 4. The first-order chi connectivity index (χ1) is 9.62. The predicted octanol–water partition coefficient (Wildman–Crippen LogP) is 1.29. The Bertz CT molecular complexity index is 737. The minimum absolute atomic E-state index is 0.257. The van der Waals surface area contributed by atoms with Crippen LogP contribution in [0.3, 0.4) is 0 Å². The van der Waals surface area contributed by atoms with Crippen LogP contribution in [0, 0.1) is 0 Å². The molecule has 0 bridgehead atoms. The van der Waals surface area contributed by atoms with Gasteiger partial charge in [-0.25, -0.2) is 8.42 Å². The third kappa shape index (κ3) is 2.33. The fraction of sp³-hybridized carbons (Fsp3) is 0.417. The lowest BCUT2D eigenvalue weighted by Gasteiger charge is -2.32. The average Bonchev–Trinajstić information content (AvgIpc) is 2.59. The SMILES string of the molecule is CN1CC=C2C(=C3NC(=O)C(Cl)(Cl)C3=CC2S(=O)(=O)Cl)C1. The van der Waals surface area contributed by atoms with Gasteiger partial charge in [0, 0.05) is 29.3 Å². The van der Waals surface area contributed by atoms with E-state index in [2.05, 4.69) is 5.32 Å². The molecule has 0 aromatic rings. The summed E-state index contributed by atoms with van der Waals surface area (Å²) in [6.45, 7) is 1.07. The number of alkyl halides is 2. The number of carbonyl (C=O) groups is 1. The molecule has 21 heavy (non-hydrogen) atoms. The van der Waals surface area contributed by atoms with Gasteiger partial charge in [0.15, 0.2) is 0 Å². The molecule has 1 N–H and O–H groups in total. The van der Waals surface area contributed by atoms with E-state index in [1.54, 1.807) is 6.08 Å². The summed E-state index contributed by atoms with van der Waals surface area (Å²) < 4.78 is 21.9. The molecule has 3 aliphatic rings. The lowest BCUT2D eigenvalue weighted by molar-refractivity contribution is -0.119. The molecule has 0 saturated carbocycles. The second-order valence-corrected chi connectivity index (χ2v) is 9.29. The van der Waals surface area contributed by atoms with Crippen LogP contribution in [0.15, 0.2) is 34.6 Å². The van der Waals surface area contributed by atoms with Crippen LogP contribution in [-0.2, 0) is 13.8 Å². The number of nitrogens with one attached hydrogen (secondary N) is 1. The van der Waals surface area contributed by atoms with Crippen LogP contribution >= 0.6 is 33.9 Å². The van der Waals surface area contributed by atoms with Gasteiger partial charge >= 0.3 is 0 Å². The summed E-state index contributed by atoms with van der Waals surface area (Å²) in [6.07, 6.45) is 3.15. The first-order valence-corrected chi connectivity index (χ1v) is 9.22. The quantitative estimate of drug-likeness (QED) is 0.559. The van der Waals surface area contributed by atoms with Gasteiger partial charge < -0.3 is 5.32 Å². The molecule has 114 valence electrons. The van der Waals surface area contributed by atoms with Crippen LogP contribution in [0.4, 0.5) is 0 Å². The molecule has 5 nitrogen and oxygen atoms in total. The van der Waals surface area contributed by atoms with Crippen LogP contribution in [-0.4, -0.2) is 48.9 Å². The van der Waals surface area contributed by atoms with Crippen molar-refractivity contribution in [2.45, 2.75) is 9.58 Å². The molecule has 2 aliphatic heterocycles. The van der Waals surface area contributed by atoms with Crippen molar-refractivity contribution in [2.75, 3.05) is 20.1 Å². The number of amides is 1. The smallest absolute Gasteiger partial charge is 0.265 e. The second-order valence-electron chi connectivity index (χ2n) is 5.21. The van der Waals surface area contributed by atoms with Crippen molar-refractivity contribution in [2.24, 2.45) is 0 Å². The van der Waals surface area contributed by atoms with E-state index < -0.39 is 24.5 Å².